The number of hydrogen-bond acceptors (Lipinski definition) is 4. The standard InChI is InChI=1S/C16H17F3N4/c1-2-13-14(19)16(21-9-20-13)22-10-6-7-23(8-10)15-11(17)4-3-5-12(15)18/h3-5,9-10H,2,6-8H2,1H3,(H,20,21,22). The average molecular weight is 322 g/mol. The van der Waals surface area contributed by atoms with Gasteiger partial charge in [0.05, 0.1) is 5.69 Å². The Balaban J connectivity index is 1.74. The first-order valence-electron chi connectivity index (χ1n) is 7.55. The van der Waals surface area contributed by atoms with Crippen LogP contribution in [0.25, 0.3) is 0 Å². The summed E-state index contributed by atoms with van der Waals surface area (Å²) in [5.41, 5.74) is 0.312. The summed E-state index contributed by atoms with van der Waals surface area (Å²) in [4.78, 5) is 9.43. The van der Waals surface area contributed by atoms with Crippen molar-refractivity contribution in [3.63, 3.8) is 0 Å². The van der Waals surface area contributed by atoms with Gasteiger partial charge < -0.3 is 10.2 Å². The number of anilines is 2. The zero-order valence-corrected chi connectivity index (χ0v) is 12.7. The highest BCUT2D eigenvalue weighted by Gasteiger charge is 2.27. The van der Waals surface area contributed by atoms with Gasteiger partial charge in [-0.05, 0) is 25.0 Å². The molecule has 0 radical (unpaired) electrons. The first-order valence-corrected chi connectivity index (χ1v) is 7.55. The van der Waals surface area contributed by atoms with E-state index < -0.39 is 17.5 Å². The summed E-state index contributed by atoms with van der Waals surface area (Å²) in [6, 6.07) is 3.67. The van der Waals surface area contributed by atoms with E-state index >= 15 is 0 Å². The van der Waals surface area contributed by atoms with Crippen molar-refractivity contribution in [1.29, 1.82) is 0 Å². The van der Waals surface area contributed by atoms with Crippen LogP contribution in [0.2, 0.25) is 0 Å². The maximum atomic E-state index is 14.2. The maximum absolute atomic E-state index is 14.2. The lowest BCUT2D eigenvalue weighted by Gasteiger charge is -2.20. The minimum absolute atomic E-state index is 0.0331. The van der Waals surface area contributed by atoms with E-state index in [9.17, 15) is 13.2 Å². The fourth-order valence-electron chi connectivity index (χ4n) is 2.82. The summed E-state index contributed by atoms with van der Waals surface area (Å²) in [6.07, 6.45) is 2.42. The van der Waals surface area contributed by atoms with E-state index in [-0.39, 0.29) is 17.5 Å². The van der Waals surface area contributed by atoms with Gasteiger partial charge in [0.15, 0.2) is 11.6 Å². The van der Waals surface area contributed by atoms with Crippen molar-refractivity contribution < 1.29 is 13.2 Å². The molecule has 4 nitrogen and oxygen atoms in total. The van der Waals surface area contributed by atoms with Crippen molar-refractivity contribution in [2.75, 3.05) is 23.3 Å². The third-order valence-electron chi connectivity index (χ3n) is 3.98. The number of aryl methyl sites for hydroxylation is 1. The van der Waals surface area contributed by atoms with Gasteiger partial charge in [0, 0.05) is 19.1 Å². The zero-order chi connectivity index (χ0) is 16.4. The van der Waals surface area contributed by atoms with Crippen LogP contribution in [0.3, 0.4) is 0 Å². The molecule has 0 bridgehead atoms. The molecule has 0 amide bonds. The number of nitrogens with one attached hydrogen (secondary N) is 1. The van der Waals surface area contributed by atoms with E-state index in [0.717, 1.165) is 0 Å². The molecule has 1 aromatic carbocycles. The topological polar surface area (TPSA) is 41.1 Å². The molecular formula is C16H17F3N4. The minimum Gasteiger partial charge on any atom is -0.365 e. The van der Waals surface area contributed by atoms with Crippen molar-refractivity contribution in [1.82, 2.24) is 9.97 Å². The third-order valence-corrected chi connectivity index (χ3v) is 3.98. The fraction of sp³-hybridized carbons (Fsp3) is 0.375. The molecule has 1 saturated heterocycles. The van der Waals surface area contributed by atoms with Crippen LogP contribution >= 0.6 is 0 Å². The predicted octanol–water partition coefficient (Wildman–Crippen LogP) is 3.15. The summed E-state index contributed by atoms with van der Waals surface area (Å²) in [5, 5.41) is 3.01. The second-order valence-electron chi connectivity index (χ2n) is 5.48. The number of nitrogens with zero attached hydrogens (tertiary/aromatic N) is 3. The Kier molecular flexibility index (Phi) is 4.36. The molecule has 0 saturated carbocycles. The van der Waals surface area contributed by atoms with Gasteiger partial charge in [0.1, 0.15) is 23.6 Å². The summed E-state index contributed by atoms with van der Waals surface area (Å²) in [7, 11) is 0. The van der Waals surface area contributed by atoms with Gasteiger partial charge in [-0.3, -0.25) is 0 Å². The molecule has 122 valence electrons. The fourth-order valence-corrected chi connectivity index (χ4v) is 2.82. The molecule has 2 heterocycles. The Morgan fingerprint density at radius 2 is 1.96 bits per heavy atom. The van der Waals surface area contributed by atoms with Gasteiger partial charge in [-0.1, -0.05) is 13.0 Å². The van der Waals surface area contributed by atoms with E-state index in [1.165, 1.54) is 24.5 Å². The molecule has 1 aliphatic heterocycles. The molecule has 1 unspecified atom stereocenters. The van der Waals surface area contributed by atoms with E-state index in [2.05, 4.69) is 15.3 Å². The Hall–Kier alpha value is -2.31. The molecule has 23 heavy (non-hydrogen) atoms. The summed E-state index contributed by atoms with van der Waals surface area (Å²) in [5.74, 6) is -1.51. The number of aromatic nitrogens is 2. The number of hydrogen-bond donors (Lipinski definition) is 1. The van der Waals surface area contributed by atoms with Crippen molar-refractivity contribution in [2.24, 2.45) is 0 Å². The highest BCUT2D eigenvalue weighted by Crippen LogP contribution is 2.28. The molecule has 7 heteroatoms. The number of rotatable bonds is 4. The Morgan fingerprint density at radius 3 is 2.65 bits per heavy atom. The van der Waals surface area contributed by atoms with Crippen LogP contribution in [-0.2, 0) is 6.42 Å². The normalized spacial score (nSPS) is 17.6. The third kappa shape index (κ3) is 3.09. The SMILES string of the molecule is CCc1ncnc(NC2CCN(c3c(F)cccc3F)C2)c1F. The first kappa shape index (κ1) is 15.6. The number of halogens is 3. The molecular weight excluding hydrogens is 305 g/mol. The van der Waals surface area contributed by atoms with Crippen LogP contribution in [0.1, 0.15) is 19.0 Å². The van der Waals surface area contributed by atoms with E-state index in [1.807, 2.05) is 6.92 Å². The van der Waals surface area contributed by atoms with Crippen LogP contribution in [-0.4, -0.2) is 29.1 Å². The lowest BCUT2D eigenvalue weighted by atomic mass is 10.2. The molecule has 2 aromatic rings. The Bertz CT molecular complexity index is 687. The van der Waals surface area contributed by atoms with Crippen LogP contribution in [0.4, 0.5) is 24.7 Å². The van der Waals surface area contributed by atoms with Crippen molar-refractivity contribution in [3.8, 4) is 0 Å². The second kappa shape index (κ2) is 6.44. The monoisotopic (exact) mass is 322 g/mol. The molecule has 3 rings (SSSR count). The summed E-state index contributed by atoms with van der Waals surface area (Å²) >= 11 is 0. The minimum atomic E-state index is -0.591. The van der Waals surface area contributed by atoms with Gasteiger partial charge in [-0.2, -0.15) is 0 Å². The zero-order valence-electron chi connectivity index (χ0n) is 12.7. The van der Waals surface area contributed by atoms with E-state index in [4.69, 9.17) is 0 Å². The number of benzene rings is 1. The molecule has 1 aromatic heterocycles. The summed E-state index contributed by atoms with van der Waals surface area (Å²) in [6.45, 7) is 2.68. The molecule has 1 aliphatic rings. The number of para-hydroxylation sites is 1. The van der Waals surface area contributed by atoms with Gasteiger partial charge in [-0.15, -0.1) is 0 Å². The Morgan fingerprint density at radius 1 is 1.22 bits per heavy atom. The summed E-state index contributed by atoms with van der Waals surface area (Å²) < 4.78 is 41.8. The molecule has 1 fully saturated rings. The first-order chi connectivity index (χ1) is 11.1. The van der Waals surface area contributed by atoms with E-state index in [0.29, 0.717) is 31.6 Å². The van der Waals surface area contributed by atoms with Gasteiger partial charge in [-0.25, -0.2) is 23.1 Å². The van der Waals surface area contributed by atoms with Gasteiger partial charge in [0.25, 0.3) is 0 Å². The van der Waals surface area contributed by atoms with Gasteiger partial charge in [0.2, 0.25) is 0 Å². The second-order valence-corrected chi connectivity index (χ2v) is 5.48. The Labute approximate surface area is 132 Å². The largest absolute Gasteiger partial charge is 0.365 e. The highest BCUT2D eigenvalue weighted by molar-refractivity contribution is 5.51. The van der Waals surface area contributed by atoms with Crippen LogP contribution in [0.15, 0.2) is 24.5 Å². The van der Waals surface area contributed by atoms with Crippen LogP contribution in [0, 0.1) is 17.5 Å². The van der Waals surface area contributed by atoms with E-state index in [1.54, 1.807) is 4.90 Å². The quantitative estimate of drug-likeness (QED) is 0.939. The van der Waals surface area contributed by atoms with Crippen LogP contribution in [0.5, 0.6) is 0 Å². The van der Waals surface area contributed by atoms with Gasteiger partial charge >= 0.3 is 0 Å². The predicted molar refractivity (Wildman–Crippen MR) is 82.0 cm³/mol. The molecule has 1 atom stereocenters. The lowest BCUT2D eigenvalue weighted by molar-refractivity contribution is 0.577. The van der Waals surface area contributed by atoms with Crippen LogP contribution < -0.4 is 10.2 Å². The van der Waals surface area contributed by atoms with Crippen molar-refractivity contribution in [2.45, 2.75) is 25.8 Å². The van der Waals surface area contributed by atoms with Crippen molar-refractivity contribution in [3.05, 3.63) is 47.7 Å². The smallest absolute Gasteiger partial charge is 0.186 e. The molecule has 0 spiro atoms. The lowest BCUT2D eigenvalue weighted by Crippen LogP contribution is -2.28. The molecule has 0 aliphatic carbocycles. The highest BCUT2D eigenvalue weighted by atomic mass is 19.1. The average Bonchev–Trinajstić information content (AvgIpc) is 2.97. The molecule has 1 N–H and O–H groups in total. The maximum Gasteiger partial charge on any atom is 0.186 e. The van der Waals surface area contributed by atoms with Crippen molar-refractivity contribution >= 4 is 11.5 Å².